The summed E-state index contributed by atoms with van der Waals surface area (Å²) >= 11 is 0. The largest absolute Gasteiger partial charge is 0.495 e. The zero-order valence-electron chi connectivity index (χ0n) is 14.0. The maximum atomic E-state index is 14.6. The zero-order chi connectivity index (χ0) is 16.9. The Labute approximate surface area is 131 Å². The third-order valence-corrected chi connectivity index (χ3v) is 4.78. The highest BCUT2D eigenvalue weighted by molar-refractivity contribution is 6.62. The number of nitrogens with two attached hydrogens (primary N) is 1. The Hall–Kier alpha value is -1.40. The Bertz CT molecular complexity index is 612. The predicted molar refractivity (Wildman–Crippen MR) is 84.7 cm³/mol. The van der Waals surface area contributed by atoms with Crippen molar-refractivity contribution in [2.75, 3.05) is 0 Å². The van der Waals surface area contributed by atoms with E-state index in [2.05, 4.69) is 0 Å². The number of amides is 1. The second-order valence-corrected chi connectivity index (χ2v) is 6.74. The molecule has 0 spiro atoms. The van der Waals surface area contributed by atoms with Crippen molar-refractivity contribution in [2.45, 2.75) is 59.2 Å². The van der Waals surface area contributed by atoms with E-state index in [1.165, 1.54) is 0 Å². The van der Waals surface area contributed by atoms with Crippen LogP contribution in [0.5, 0.6) is 0 Å². The molecule has 0 radical (unpaired) electrons. The Balaban J connectivity index is 2.56. The second kappa shape index (κ2) is 5.35. The number of carbonyl (C=O) groups is 1. The average Bonchev–Trinajstić information content (AvgIpc) is 2.60. The lowest BCUT2D eigenvalue weighted by atomic mass is 9.74. The molecule has 1 aliphatic heterocycles. The quantitative estimate of drug-likeness (QED) is 0.870. The van der Waals surface area contributed by atoms with Gasteiger partial charge in [0.2, 0.25) is 5.91 Å². The molecule has 1 aliphatic rings. The van der Waals surface area contributed by atoms with Crippen LogP contribution in [0.1, 0.15) is 56.1 Å². The van der Waals surface area contributed by atoms with Crippen LogP contribution in [0.25, 0.3) is 0 Å². The van der Waals surface area contributed by atoms with Crippen LogP contribution >= 0.6 is 0 Å². The van der Waals surface area contributed by atoms with Gasteiger partial charge in [0.25, 0.3) is 0 Å². The summed E-state index contributed by atoms with van der Waals surface area (Å²) in [6.45, 7) is 11.2. The van der Waals surface area contributed by atoms with Crippen molar-refractivity contribution in [1.29, 1.82) is 0 Å². The van der Waals surface area contributed by atoms with Gasteiger partial charge in [0.05, 0.1) is 11.2 Å². The van der Waals surface area contributed by atoms with Crippen LogP contribution in [0.3, 0.4) is 0 Å². The molecule has 2 N–H and O–H groups in total. The second-order valence-electron chi connectivity index (χ2n) is 6.74. The SMILES string of the molecule is CCc1c(C(N)=O)cc(B2OC(C)(C)C(C)(C)O2)c(C)c1F. The first-order valence-corrected chi connectivity index (χ1v) is 7.49. The van der Waals surface area contributed by atoms with Crippen LogP contribution in [0.4, 0.5) is 4.39 Å². The average molecular weight is 307 g/mol. The molecule has 0 unspecified atom stereocenters. The fourth-order valence-electron chi connectivity index (χ4n) is 2.60. The summed E-state index contributed by atoms with van der Waals surface area (Å²) in [6.07, 6.45) is 0.397. The summed E-state index contributed by atoms with van der Waals surface area (Å²) in [6, 6.07) is 1.60. The molecule has 22 heavy (non-hydrogen) atoms. The van der Waals surface area contributed by atoms with E-state index in [9.17, 15) is 9.18 Å². The first-order valence-electron chi connectivity index (χ1n) is 7.49. The summed E-state index contributed by atoms with van der Waals surface area (Å²) in [7, 11) is -0.719. The molecule has 4 nitrogen and oxygen atoms in total. The Morgan fingerprint density at radius 3 is 2.18 bits per heavy atom. The molecular formula is C16H23BFNO3. The molecule has 0 bridgehead atoms. The highest BCUT2D eigenvalue weighted by Crippen LogP contribution is 2.37. The van der Waals surface area contributed by atoms with Crippen molar-refractivity contribution in [1.82, 2.24) is 0 Å². The first kappa shape index (κ1) is 17.0. The van der Waals surface area contributed by atoms with Crippen LogP contribution in [-0.4, -0.2) is 24.2 Å². The van der Waals surface area contributed by atoms with Crippen molar-refractivity contribution in [3.05, 3.63) is 28.6 Å². The van der Waals surface area contributed by atoms with Crippen LogP contribution in [0.15, 0.2) is 6.07 Å². The molecule has 120 valence electrons. The van der Waals surface area contributed by atoms with Gasteiger partial charge >= 0.3 is 7.12 Å². The lowest BCUT2D eigenvalue weighted by molar-refractivity contribution is 0.00578. The Kier molecular flexibility index (Phi) is 4.13. The number of halogens is 1. The maximum Gasteiger partial charge on any atom is 0.495 e. The molecule has 1 fully saturated rings. The molecule has 0 atom stereocenters. The van der Waals surface area contributed by atoms with E-state index in [0.29, 0.717) is 23.0 Å². The molecule has 1 heterocycles. The molecule has 0 saturated carbocycles. The van der Waals surface area contributed by atoms with Gasteiger partial charge in [0, 0.05) is 11.1 Å². The van der Waals surface area contributed by atoms with Gasteiger partial charge in [-0.25, -0.2) is 4.39 Å². The Morgan fingerprint density at radius 1 is 1.27 bits per heavy atom. The fourth-order valence-corrected chi connectivity index (χ4v) is 2.60. The van der Waals surface area contributed by atoms with E-state index in [0.717, 1.165) is 0 Å². The summed E-state index contributed by atoms with van der Waals surface area (Å²) in [5, 5.41) is 0. The van der Waals surface area contributed by atoms with E-state index in [1.807, 2.05) is 27.7 Å². The minimum absolute atomic E-state index is 0.190. The minimum atomic E-state index is -0.719. The number of hydrogen-bond acceptors (Lipinski definition) is 3. The van der Waals surface area contributed by atoms with Crippen molar-refractivity contribution >= 4 is 18.5 Å². The molecule has 1 saturated heterocycles. The first-order chi connectivity index (χ1) is 10.0. The third kappa shape index (κ3) is 2.54. The third-order valence-electron chi connectivity index (χ3n) is 4.78. The van der Waals surface area contributed by atoms with Gasteiger partial charge in [-0.05, 0) is 58.1 Å². The maximum absolute atomic E-state index is 14.6. The van der Waals surface area contributed by atoms with E-state index < -0.39 is 30.0 Å². The van der Waals surface area contributed by atoms with Gasteiger partial charge in [-0.1, -0.05) is 6.92 Å². The fraction of sp³-hybridized carbons (Fsp3) is 0.562. The van der Waals surface area contributed by atoms with Gasteiger partial charge in [0.15, 0.2) is 0 Å². The topological polar surface area (TPSA) is 61.6 Å². The Morgan fingerprint density at radius 2 is 1.77 bits per heavy atom. The lowest BCUT2D eigenvalue weighted by Crippen LogP contribution is -2.41. The standard InChI is InChI=1S/C16H23BFNO3/c1-7-10-11(14(19)20)8-12(9(2)13(10)18)17-21-15(3,4)16(5,6)22-17/h8H,7H2,1-6H3,(H2,19,20). The summed E-state index contributed by atoms with van der Waals surface area (Å²) in [5.74, 6) is -1.06. The molecule has 6 heteroatoms. The zero-order valence-corrected chi connectivity index (χ0v) is 14.0. The van der Waals surface area contributed by atoms with Crippen molar-refractivity contribution in [3.63, 3.8) is 0 Å². The molecule has 0 aromatic heterocycles. The van der Waals surface area contributed by atoms with Crippen LogP contribution in [0, 0.1) is 12.7 Å². The van der Waals surface area contributed by atoms with Crippen molar-refractivity contribution in [2.24, 2.45) is 5.73 Å². The van der Waals surface area contributed by atoms with E-state index in [4.69, 9.17) is 15.0 Å². The smallest absolute Gasteiger partial charge is 0.399 e. The minimum Gasteiger partial charge on any atom is -0.399 e. The molecular weight excluding hydrogens is 284 g/mol. The van der Waals surface area contributed by atoms with Gasteiger partial charge in [-0.2, -0.15) is 0 Å². The van der Waals surface area contributed by atoms with Gasteiger partial charge in [-0.3, -0.25) is 4.79 Å². The van der Waals surface area contributed by atoms with Gasteiger partial charge in [0.1, 0.15) is 5.82 Å². The number of carbonyl (C=O) groups excluding carboxylic acids is 1. The molecule has 1 amide bonds. The van der Waals surface area contributed by atoms with Gasteiger partial charge in [-0.15, -0.1) is 0 Å². The predicted octanol–water partition coefficient (Wildman–Crippen LogP) is 2.09. The summed E-state index contributed by atoms with van der Waals surface area (Å²) in [5.41, 5.74) is 5.81. The molecule has 1 aromatic carbocycles. The normalized spacial score (nSPS) is 19.5. The van der Waals surface area contributed by atoms with Crippen LogP contribution < -0.4 is 11.2 Å². The number of primary amides is 1. The van der Waals surface area contributed by atoms with E-state index >= 15 is 0 Å². The molecule has 1 aromatic rings. The highest BCUT2D eigenvalue weighted by atomic mass is 19.1. The van der Waals surface area contributed by atoms with Crippen LogP contribution in [-0.2, 0) is 15.7 Å². The number of benzene rings is 1. The summed E-state index contributed by atoms with van der Waals surface area (Å²) in [4.78, 5) is 11.6. The van der Waals surface area contributed by atoms with Crippen LogP contribution in [0.2, 0.25) is 0 Å². The lowest BCUT2D eigenvalue weighted by Gasteiger charge is -2.32. The molecule has 2 rings (SSSR count). The summed E-state index contributed by atoms with van der Waals surface area (Å²) < 4.78 is 26.5. The number of rotatable bonds is 3. The van der Waals surface area contributed by atoms with Crippen molar-refractivity contribution < 1.29 is 18.5 Å². The van der Waals surface area contributed by atoms with E-state index in [-0.39, 0.29) is 5.56 Å². The number of hydrogen-bond donors (Lipinski definition) is 1. The van der Waals surface area contributed by atoms with Crippen molar-refractivity contribution in [3.8, 4) is 0 Å². The van der Waals surface area contributed by atoms with E-state index in [1.54, 1.807) is 19.9 Å². The van der Waals surface area contributed by atoms with Gasteiger partial charge < -0.3 is 15.0 Å². The highest BCUT2D eigenvalue weighted by Gasteiger charge is 2.52. The molecule has 0 aliphatic carbocycles. The monoisotopic (exact) mass is 307 g/mol.